The van der Waals surface area contributed by atoms with Crippen LogP contribution >= 0.6 is 0 Å². The summed E-state index contributed by atoms with van der Waals surface area (Å²) in [5, 5.41) is 0. The Labute approximate surface area is 70.7 Å². The predicted octanol–water partition coefficient (Wildman–Crippen LogP) is 3.25. The Bertz CT molecular complexity index is 181. The molecule has 0 aliphatic heterocycles. The second kappa shape index (κ2) is 3.62. The summed E-state index contributed by atoms with van der Waals surface area (Å²) < 4.78 is 0. The van der Waals surface area contributed by atoms with Gasteiger partial charge in [-0.15, -0.1) is 6.42 Å². The molecule has 0 unspecified atom stereocenters. The molecule has 0 bridgehead atoms. The molecule has 0 saturated heterocycles. The first-order chi connectivity index (χ1) is 4.88. The van der Waals surface area contributed by atoms with Crippen LogP contribution < -0.4 is 0 Å². The van der Waals surface area contributed by atoms with E-state index in [0.29, 0.717) is 5.92 Å². The van der Waals surface area contributed by atoms with Gasteiger partial charge in [0.15, 0.2) is 0 Å². The van der Waals surface area contributed by atoms with Crippen molar-refractivity contribution in [1.29, 1.82) is 0 Å². The van der Waals surface area contributed by atoms with E-state index in [4.69, 9.17) is 6.42 Å². The highest BCUT2D eigenvalue weighted by atomic mass is 14.2. The van der Waals surface area contributed by atoms with Crippen molar-refractivity contribution >= 4 is 0 Å². The first-order valence-corrected chi connectivity index (χ1v) is 4.07. The average molecular weight is 150 g/mol. The molecule has 0 aliphatic carbocycles. The van der Waals surface area contributed by atoms with Crippen molar-refractivity contribution in [2.24, 2.45) is 11.3 Å². The second-order valence-corrected chi connectivity index (χ2v) is 4.22. The average Bonchev–Trinajstić information content (AvgIpc) is 1.79. The van der Waals surface area contributed by atoms with Gasteiger partial charge in [-0.05, 0) is 11.3 Å². The molecule has 0 rings (SSSR count). The zero-order chi connectivity index (χ0) is 9.07. The summed E-state index contributed by atoms with van der Waals surface area (Å²) >= 11 is 0. The van der Waals surface area contributed by atoms with Crippen LogP contribution in [0.25, 0.3) is 0 Å². The molecule has 0 heteroatoms. The quantitative estimate of drug-likeness (QED) is 0.503. The van der Waals surface area contributed by atoms with Crippen LogP contribution in [0.5, 0.6) is 0 Å². The molecule has 62 valence electrons. The summed E-state index contributed by atoms with van der Waals surface area (Å²) in [7, 11) is 0. The zero-order valence-corrected chi connectivity index (χ0v) is 8.23. The third-order valence-electron chi connectivity index (χ3n) is 1.46. The smallest absolute Gasteiger partial charge is 0.00339 e. The largest absolute Gasteiger partial charge is 0.115 e. The molecule has 0 amide bonds. The number of rotatable bonds is 1. The van der Waals surface area contributed by atoms with Gasteiger partial charge in [-0.3, -0.25) is 0 Å². The summed E-state index contributed by atoms with van der Waals surface area (Å²) in [6.07, 6.45) is 7.54. The van der Waals surface area contributed by atoms with Crippen molar-refractivity contribution in [2.75, 3.05) is 0 Å². The summed E-state index contributed by atoms with van der Waals surface area (Å²) in [6, 6.07) is 0. The molecule has 0 atom stereocenters. The van der Waals surface area contributed by atoms with E-state index >= 15 is 0 Å². The Hall–Kier alpha value is -0.700. The zero-order valence-electron chi connectivity index (χ0n) is 8.23. The van der Waals surface area contributed by atoms with Crippen molar-refractivity contribution in [3.63, 3.8) is 0 Å². The number of hydrogen-bond acceptors (Lipinski definition) is 0. The molecule has 0 aromatic carbocycles. The van der Waals surface area contributed by atoms with E-state index in [2.05, 4.69) is 46.6 Å². The Morgan fingerprint density at radius 1 is 1.36 bits per heavy atom. The van der Waals surface area contributed by atoms with Gasteiger partial charge in [0, 0.05) is 5.57 Å². The fourth-order valence-corrected chi connectivity index (χ4v) is 0.848. The highest BCUT2D eigenvalue weighted by Gasteiger charge is 2.14. The van der Waals surface area contributed by atoms with Crippen LogP contribution in [0.2, 0.25) is 0 Å². The van der Waals surface area contributed by atoms with Crippen LogP contribution in [0.15, 0.2) is 11.6 Å². The molecule has 0 fully saturated rings. The topological polar surface area (TPSA) is 0 Å². The lowest BCUT2D eigenvalue weighted by molar-refractivity contribution is 0.515. The Morgan fingerprint density at radius 2 is 1.82 bits per heavy atom. The van der Waals surface area contributed by atoms with Crippen LogP contribution in [-0.2, 0) is 0 Å². The van der Waals surface area contributed by atoms with Gasteiger partial charge in [-0.1, -0.05) is 46.6 Å². The van der Waals surface area contributed by atoms with E-state index < -0.39 is 0 Å². The summed E-state index contributed by atoms with van der Waals surface area (Å²) in [4.78, 5) is 0. The maximum absolute atomic E-state index is 5.39. The van der Waals surface area contributed by atoms with Crippen molar-refractivity contribution in [3.05, 3.63) is 11.6 Å². The fraction of sp³-hybridized carbons (Fsp3) is 0.636. The number of hydrogen-bond donors (Lipinski definition) is 0. The van der Waals surface area contributed by atoms with Crippen LogP contribution in [0, 0.1) is 23.7 Å². The van der Waals surface area contributed by atoms with Gasteiger partial charge in [0.05, 0.1) is 0 Å². The van der Waals surface area contributed by atoms with Crippen molar-refractivity contribution < 1.29 is 0 Å². The van der Waals surface area contributed by atoms with E-state index in [9.17, 15) is 0 Å². The highest BCUT2D eigenvalue weighted by molar-refractivity contribution is 5.30. The van der Waals surface area contributed by atoms with Gasteiger partial charge < -0.3 is 0 Å². The van der Waals surface area contributed by atoms with Crippen LogP contribution in [0.4, 0.5) is 0 Å². The number of allylic oxidation sites excluding steroid dienone is 2. The third kappa shape index (κ3) is 3.88. The summed E-state index contributed by atoms with van der Waals surface area (Å²) in [5.74, 6) is 3.28. The molecule has 0 heterocycles. The lowest BCUT2D eigenvalue weighted by atomic mass is 9.85. The van der Waals surface area contributed by atoms with E-state index in [1.54, 1.807) is 0 Å². The van der Waals surface area contributed by atoms with E-state index in [-0.39, 0.29) is 5.41 Å². The first kappa shape index (κ1) is 10.3. The van der Waals surface area contributed by atoms with E-state index in [1.807, 2.05) is 0 Å². The molecular weight excluding hydrogens is 132 g/mol. The van der Waals surface area contributed by atoms with Gasteiger partial charge in [0.1, 0.15) is 0 Å². The maximum Gasteiger partial charge on any atom is 0.00339 e. The molecule has 0 radical (unpaired) electrons. The van der Waals surface area contributed by atoms with Gasteiger partial charge in [-0.2, -0.15) is 0 Å². The fourth-order valence-electron chi connectivity index (χ4n) is 0.848. The predicted molar refractivity (Wildman–Crippen MR) is 51.2 cm³/mol. The summed E-state index contributed by atoms with van der Waals surface area (Å²) in [6.45, 7) is 10.7. The first-order valence-electron chi connectivity index (χ1n) is 4.07. The molecule has 0 saturated carbocycles. The minimum absolute atomic E-state index is 0.124. The van der Waals surface area contributed by atoms with E-state index in [0.717, 1.165) is 5.57 Å². The van der Waals surface area contributed by atoms with E-state index in [1.165, 1.54) is 0 Å². The van der Waals surface area contributed by atoms with Crippen molar-refractivity contribution in [3.8, 4) is 12.3 Å². The van der Waals surface area contributed by atoms with Crippen LogP contribution in [0.3, 0.4) is 0 Å². The minimum atomic E-state index is 0.124. The SMILES string of the molecule is C#CC(=CC(C)C)C(C)(C)C. The molecule has 0 aliphatic rings. The van der Waals surface area contributed by atoms with Gasteiger partial charge in [-0.25, -0.2) is 0 Å². The molecule has 11 heavy (non-hydrogen) atoms. The van der Waals surface area contributed by atoms with Crippen LogP contribution in [-0.4, -0.2) is 0 Å². The molecule has 0 spiro atoms. The second-order valence-electron chi connectivity index (χ2n) is 4.22. The standard InChI is InChI=1S/C11H18/c1-7-10(8-9(2)3)11(4,5)6/h1,8-9H,2-6H3. The van der Waals surface area contributed by atoms with Crippen molar-refractivity contribution in [2.45, 2.75) is 34.6 Å². The Kier molecular flexibility index (Phi) is 3.39. The van der Waals surface area contributed by atoms with Gasteiger partial charge >= 0.3 is 0 Å². The maximum atomic E-state index is 5.39. The van der Waals surface area contributed by atoms with Gasteiger partial charge in [0.25, 0.3) is 0 Å². The number of terminal acetylenes is 1. The molecule has 0 aromatic rings. The molecular formula is C11H18. The third-order valence-corrected chi connectivity index (χ3v) is 1.46. The van der Waals surface area contributed by atoms with Crippen molar-refractivity contribution in [1.82, 2.24) is 0 Å². The monoisotopic (exact) mass is 150 g/mol. The van der Waals surface area contributed by atoms with Gasteiger partial charge in [0.2, 0.25) is 0 Å². The Morgan fingerprint density at radius 3 is 1.91 bits per heavy atom. The Balaban J connectivity index is 4.58. The summed E-state index contributed by atoms with van der Waals surface area (Å²) in [5.41, 5.74) is 1.23. The molecule has 0 N–H and O–H groups in total. The lowest BCUT2D eigenvalue weighted by Gasteiger charge is -2.19. The lowest BCUT2D eigenvalue weighted by Crippen LogP contribution is -2.08. The minimum Gasteiger partial charge on any atom is -0.115 e. The molecule has 0 aromatic heterocycles. The van der Waals surface area contributed by atoms with Crippen LogP contribution in [0.1, 0.15) is 34.6 Å². The highest BCUT2D eigenvalue weighted by Crippen LogP contribution is 2.25. The molecule has 0 nitrogen and oxygen atoms in total. The normalized spacial score (nSPS) is 13.4.